The van der Waals surface area contributed by atoms with Crippen LogP contribution in [-0.2, 0) is 20.7 Å². The Kier molecular flexibility index (Phi) is 5.28. The fraction of sp³-hybridized carbons (Fsp3) is 0.565. The summed E-state index contributed by atoms with van der Waals surface area (Å²) in [5, 5.41) is 3.00. The van der Waals surface area contributed by atoms with E-state index in [-0.39, 0.29) is 17.8 Å². The number of anilines is 1. The summed E-state index contributed by atoms with van der Waals surface area (Å²) in [6.07, 6.45) is 4.62. The molecule has 0 spiro atoms. The number of piperidine rings is 1. The van der Waals surface area contributed by atoms with E-state index in [1.807, 2.05) is 24.3 Å². The normalized spacial score (nSPS) is 28.2. The summed E-state index contributed by atoms with van der Waals surface area (Å²) in [5.74, 6) is 0.969. The molecule has 2 saturated heterocycles. The molecule has 1 amide bonds. The fourth-order valence-electron chi connectivity index (χ4n) is 4.96. The summed E-state index contributed by atoms with van der Waals surface area (Å²) >= 11 is 0. The standard InChI is InChI=1S/C23H30N2O3/c1-16-7-9-25(10-8-16)14-21(26)24-20-5-3-18(4-6-20)13-23-12-17(2)11-19(23)15-28-22(23)27/h3-6,16,19H,2,7-15H2,1H3,(H,24,26). The topological polar surface area (TPSA) is 58.6 Å². The van der Waals surface area contributed by atoms with Gasteiger partial charge in [0.05, 0.1) is 18.6 Å². The van der Waals surface area contributed by atoms with Crippen molar-refractivity contribution in [1.82, 2.24) is 4.90 Å². The molecule has 0 aromatic heterocycles. The molecule has 1 aromatic rings. The lowest BCUT2D eigenvalue weighted by Gasteiger charge is -2.29. The van der Waals surface area contributed by atoms with Gasteiger partial charge in [0.1, 0.15) is 0 Å². The molecule has 2 aliphatic heterocycles. The second kappa shape index (κ2) is 7.70. The number of amides is 1. The zero-order chi connectivity index (χ0) is 19.7. The number of likely N-dealkylation sites (tertiary alicyclic amines) is 1. The highest BCUT2D eigenvalue weighted by Gasteiger charge is 2.55. The van der Waals surface area contributed by atoms with Gasteiger partial charge in [-0.15, -0.1) is 0 Å². The molecule has 5 nitrogen and oxygen atoms in total. The average molecular weight is 383 g/mol. The number of esters is 1. The smallest absolute Gasteiger partial charge is 0.313 e. The number of allylic oxidation sites excluding steroid dienone is 1. The lowest BCUT2D eigenvalue weighted by Crippen LogP contribution is -2.38. The molecule has 5 heteroatoms. The van der Waals surface area contributed by atoms with Crippen LogP contribution in [0.2, 0.25) is 0 Å². The summed E-state index contributed by atoms with van der Waals surface area (Å²) in [6, 6.07) is 7.88. The first-order valence-electron chi connectivity index (χ1n) is 10.4. The fourth-order valence-corrected chi connectivity index (χ4v) is 4.96. The Morgan fingerprint density at radius 3 is 2.71 bits per heavy atom. The maximum Gasteiger partial charge on any atom is 0.313 e. The van der Waals surface area contributed by atoms with Gasteiger partial charge < -0.3 is 10.1 Å². The predicted molar refractivity (Wildman–Crippen MR) is 109 cm³/mol. The van der Waals surface area contributed by atoms with Gasteiger partial charge in [-0.25, -0.2) is 0 Å². The number of ether oxygens (including phenoxy) is 1. The van der Waals surface area contributed by atoms with Crippen molar-refractivity contribution < 1.29 is 14.3 Å². The minimum Gasteiger partial charge on any atom is -0.465 e. The third-order valence-electron chi connectivity index (χ3n) is 6.70. The molecule has 3 aliphatic rings. The quantitative estimate of drug-likeness (QED) is 0.626. The Morgan fingerprint density at radius 2 is 2.00 bits per heavy atom. The summed E-state index contributed by atoms with van der Waals surface area (Å²) in [7, 11) is 0. The van der Waals surface area contributed by atoms with E-state index in [9.17, 15) is 9.59 Å². The van der Waals surface area contributed by atoms with Gasteiger partial charge in [-0.3, -0.25) is 14.5 Å². The van der Waals surface area contributed by atoms with E-state index in [2.05, 4.69) is 23.7 Å². The second-order valence-corrected chi connectivity index (χ2v) is 8.96. The highest BCUT2D eigenvalue weighted by atomic mass is 16.5. The van der Waals surface area contributed by atoms with Crippen LogP contribution in [0.1, 0.15) is 38.2 Å². The van der Waals surface area contributed by atoms with Gasteiger partial charge in [0.15, 0.2) is 0 Å². The van der Waals surface area contributed by atoms with Crippen LogP contribution < -0.4 is 5.32 Å². The third-order valence-corrected chi connectivity index (χ3v) is 6.70. The summed E-state index contributed by atoms with van der Waals surface area (Å²) in [5.41, 5.74) is 2.62. The first-order chi connectivity index (χ1) is 13.4. The van der Waals surface area contributed by atoms with Gasteiger partial charge in [0, 0.05) is 11.6 Å². The Balaban J connectivity index is 1.34. The number of rotatable bonds is 5. The molecule has 2 unspecified atom stereocenters. The lowest BCUT2D eigenvalue weighted by molar-refractivity contribution is -0.146. The average Bonchev–Trinajstić information content (AvgIpc) is 3.13. The van der Waals surface area contributed by atoms with E-state index in [4.69, 9.17) is 4.74 Å². The predicted octanol–water partition coefficient (Wildman–Crippen LogP) is 3.41. The lowest BCUT2D eigenvalue weighted by atomic mass is 9.75. The van der Waals surface area contributed by atoms with Crippen molar-refractivity contribution in [3.8, 4) is 0 Å². The van der Waals surface area contributed by atoms with Crippen molar-refractivity contribution in [3.63, 3.8) is 0 Å². The molecule has 0 bridgehead atoms. The molecule has 4 rings (SSSR count). The van der Waals surface area contributed by atoms with Crippen LogP contribution in [0.5, 0.6) is 0 Å². The molecule has 2 heterocycles. The van der Waals surface area contributed by atoms with Crippen molar-refractivity contribution in [3.05, 3.63) is 42.0 Å². The van der Waals surface area contributed by atoms with E-state index in [0.717, 1.165) is 48.7 Å². The highest BCUT2D eigenvalue weighted by Crippen LogP contribution is 2.52. The number of hydrogen-bond acceptors (Lipinski definition) is 4. The molecular formula is C23H30N2O3. The Bertz CT molecular complexity index is 765. The van der Waals surface area contributed by atoms with Gasteiger partial charge in [-0.1, -0.05) is 31.2 Å². The molecule has 0 radical (unpaired) electrons. The van der Waals surface area contributed by atoms with Crippen LogP contribution in [0.3, 0.4) is 0 Å². The molecule has 3 fully saturated rings. The first-order valence-corrected chi connectivity index (χ1v) is 10.4. The van der Waals surface area contributed by atoms with E-state index >= 15 is 0 Å². The van der Waals surface area contributed by atoms with E-state index < -0.39 is 5.41 Å². The SMILES string of the molecule is C=C1CC2COC(=O)C2(Cc2ccc(NC(=O)CN3CCC(C)CC3)cc2)C1. The van der Waals surface area contributed by atoms with E-state index in [1.165, 1.54) is 12.8 Å². The van der Waals surface area contributed by atoms with Crippen molar-refractivity contribution in [2.45, 2.75) is 39.0 Å². The van der Waals surface area contributed by atoms with E-state index in [0.29, 0.717) is 19.6 Å². The van der Waals surface area contributed by atoms with Gasteiger partial charge in [-0.2, -0.15) is 0 Å². The first kappa shape index (κ1) is 19.2. The largest absolute Gasteiger partial charge is 0.465 e. The zero-order valence-electron chi connectivity index (χ0n) is 16.7. The Hall–Kier alpha value is -2.14. The van der Waals surface area contributed by atoms with Gasteiger partial charge in [0.2, 0.25) is 5.91 Å². The maximum absolute atomic E-state index is 12.4. The van der Waals surface area contributed by atoms with Gasteiger partial charge in [0.25, 0.3) is 0 Å². The Labute approximate surface area is 167 Å². The molecule has 1 aliphatic carbocycles. The number of hydrogen-bond donors (Lipinski definition) is 1. The second-order valence-electron chi connectivity index (χ2n) is 8.96. The number of nitrogens with zero attached hydrogens (tertiary/aromatic N) is 1. The summed E-state index contributed by atoms with van der Waals surface area (Å²) < 4.78 is 5.36. The van der Waals surface area contributed by atoms with Crippen molar-refractivity contribution in [2.75, 3.05) is 31.6 Å². The zero-order valence-corrected chi connectivity index (χ0v) is 16.7. The monoisotopic (exact) mass is 382 g/mol. The third kappa shape index (κ3) is 3.86. The minimum absolute atomic E-state index is 0.0347. The number of benzene rings is 1. The molecule has 2 atom stereocenters. The number of fused-ring (bicyclic) bond motifs is 1. The number of carbonyl (C=O) groups is 2. The van der Waals surface area contributed by atoms with Crippen LogP contribution in [0.4, 0.5) is 5.69 Å². The van der Waals surface area contributed by atoms with Crippen molar-refractivity contribution >= 4 is 17.6 Å². The number of cyclic esters (lactones) is 1. The minimum atomic E-state index is -0.437. The molecule has 150 valence electrons. The summed E-state index contributed by atoms with van der Waals surface area (Å²) in [4.78, 5) is 27.0. The molecule has 28 heavy (non-hydrogen) atoms. The molecule has 1 saturated carbocycles. The van der Waals surface area contributed by atoms with Crippen LogP contribution in [0.25, 0.3) is 0 Å². The van der Waals surface area contributed by atoms with Gasteiger partial charge in [-0.05, 0) is 68.8 Å². The molecular weight excluding hydrogens is 352 g/mol. The number of carbonyl (C=O) groups excluding carboxylic acids is 2. The van der Waals surface area contributed by atoms with Gasteiger partial charge >= 0.3 is 5.97 Å². The van der Waals surface area contributed by atoms with Crippen molar-refractivity contribution in [2.24, 2.45) is 17.3 Å². The van der Waals surface area contributed by atoms with Crippen LogP contribution in [0.15, 0.2) is 36.4 Å². The molecule has 1 aromatic carbocycles. The maximum atomic E-state index is 12.4. The van der Waals surface area contributed by atoms with E-state index in [1.54, 1.807) is 0 Å². The molecule has 1 N–H and O–H groups in total. The van der Waals surface area contributed by atoms with Crippen LogP contribution >= 0.6 is 0 Å². The van der Waals surface area contributed by atoms with Crippen LogP contribution in [-0.4, -0.2) is 43.0 Å². The van der Waals surface area contributed by atoms with Crippen molar-refractivity contribution in [1.29, 1.82) is 0 Å². The Morgan fingerprint density at radius 1 is 1.29 bits per heavy atom. The number of nitrogens with one attached hydrogen (secondary N) is 1. The van der Waals surface area contributed by atoms with Crippen LogP contribution in [0, 0.1) is 17.3 Å². The highest BCUT2D eigenvalue weighted by molar-refractivity contribution is 5.92. The summed E-state index contributed by atoms with van der Waals surface area (Å²) in [6.45, 7) is 9.33.